The lowest BCUT2D eigenvalue weighted by Crippen LogP contribution is -2.46. The minimum atomic E-state index is -0.940. The average molecular weight is 502 g/mol. The highest BCUT2D eigenvalue weighted by atomic mass is 16.5. The van der Waals surface area contributed by atoms with Crippen molar-refractivity contribution in [2.75, 3.05) is 41.0 Å². The van der Waals surface area contributed by atoms with E-state index >= 15 is 0 Å². The van der Waals surface area contributed by atoms with E-state index in [1.165, 1.54) is 6.42 Å². The minimum Gasteiger partial charge on any atom is -0.474 e. The molecule has 0 radical (unpaired) electrons. The van der Waals surface area contributed by atoms with Crippen molar-refractivity contribution in [2.45, 2.75) is 51.8 Å². The highest BCUT2D eigenvalue weighted by Crippen LogP contribution is 2.35. The van der Waals surface area contributed by atoms with Crippen LogP contribution in [0.25, 0.3) is 0 Å². The zero-order valence-corrected chi connectivity index (χ0v) is 21.7. The van der Waals surface area contributed by atoms with E-state index in [0.29, 0.717) is 41.2 Å². The highest BCUT2D eigenvalue weighted by Gasteiger charge is 2.42. The number of likely N-dealkylation sites (tertiary alicyclic amines) is 1. The Kier molecular flexibility index (Phi) is 5.41. The van der Waals surface area contributed by atoms with E-state index in [-0.39, 0.29) is 5.91 Å². The molecule has 3 aliphatic rings. The number of amides is 1. The number of fused-ring (bicyclic) bond motifs is 3. The van der Waals surface area contributed by atoms with E-state index in [0.717, 1.165) is 35.9 Å². The number of likely N-dealkylation sites (N-methyl/N-ethyl adjacent to an activating group) is 1. The van der Waals surface area contributed by atoms with Crippen molar-refractivity contribution in [3.63, 3.8) is 0 Å². The summed E-state index contributed by atoms with van der Waals surface area (Å²) in [4.78, 5) is 35.5. The quantitative estimate of drug-likeness (QED) is 0.480. The summed E-state index contributed by atoms with van der Waals surface area (Å²) in [6.45, 7) is 9.56. The maximum atomic E-state index is 12.2. The minimum absolute atomic E-state index is 0.242. The number of ether oxygens (including phenoxy) is 1. The molecular formula is C26H31N9O2. The molecule has 2 bridgehead atoms. The molecule has 11 heteroatoms. The molecule has 0 saturated carbocycles. The largest absolute Gasteiger partial charge is 0.474 e. The van der Waals surface area contributed by atoms with Crippen molar-refractivity contribution in [3.8, 4) is 5.75 Å². The van der Waals surface area contributed by atoms with E-state index in [1.54, 1.807) is 26.0 Å². The molecule has 3 aromatic rings. The summed E-state index contributed by atoms with van der Waals surface area (Å²) in [7, 11) is 2.20. The van der Waals surface area contributed by atoms with Crippen molar-refractivity contribution in [2.24, 2.45) is 0 Å². The van der Waals surface area contributed by atoms with E-state index in [4.69, 9.17) is 9.72 Å². The van der Waals surface area contributed by atoms with Crippen LogP contribution in [0.4, 0.5) is 34.9 Å². The number of nitrogens with zero attached hydrogens (tertiary/aromatic N) is 6. The third-order valence-corrected chi connectivity index (χ3v) is 7.21. The summed E-state index contributed by atoms with van der Waals surface area (Å²) < 4.78 is 5.76. The molecule has 6 rings (SSSR count). The van der Waals surface area contributed by atoms with Crippen LogP contribution in [-0.4, -0.2) is 68.6 Å². The Labute approximate surface area is 215 Å². The van der Waals surface area contributed by atoms with Crippen LogP contribution < -0.4 is 25.6 Å². The maximum absolute atomic E-state index is 12.2. The van der Waals surface area contributed by atoms with E-state index < -0.39 is 5.60 Å². The van der Waals surface area contributed by atoms with Crippen LogP contribution in [-0.2, 0) is 4.79 Å². The fourth-order valence-electron chi connectivity index (χ4n) is 5.28. The van der Waals surface area contributed by atoms with Crippen LogP contribution in [0.3, 0.4) is 0 Å². The van der Waals surface area contributed by atoms with E-state index in [2.05, 4.69) is 60.7 Å². The van der Waals surface area contributed by atoms with Gasteiger partial charge in [-0.1, -0.05) is 0 Å². The Morgan fingerprint density at radius 2 is 1.89 bits per heavy atom. The number of carbonyl (C=O) groups is 1. The van der Waals surface area contributed by atoms with Gasteiger partial charge in [0.2, 0.25) is 5.95 Å². The number of rotatable bonds is 5. The molecule has 1 amide bonds. The summed E-state index contributed by atoms with van der Waals surface area (Å²) in [5.74, 6) is 3.26. The molecule has 2 atom stereocenters. The van der Waals surface area contributed by atoms with E-state index in [9.17, 15) is 4.79 Å². The van der Waals surface area contributed by atoms with Gasteiger partial charge in [-0.25, -0.2) is 15.0 Å². The number of carbonyl (C=O) groups excluding carboxylic acids is 1. The Balaban J connectivity index is 1.18. The van der Waals surface area contributed by atoms with Crippen molar-refractivity contribution < 1.29 is 9.53 Å². The van der Waals surface area contributed by atoms with Gasteiger partial charge in [0, 0.05) is 36.9 Å². The standard InChI is InChI=1S/C26H31N9O2/c1-14-8-16(11-27-23(14)35-13-17-10-18(35)12-34(17)5)29-25-28-15(2)9-21(32-25)30-20-7-6-19-22(31-20)33-24(36)26(3,4)37-19/h6-9,11,17-18H,10,12-13H2,1-5H3,(H3,28,29,30,31,32,33,36). The lowest BCUT2D eigenvalue weighted by molar-refractivity contribution is -0.129. The van der Waals surface area contributed by atoms with Crippen LogP contribution in [0, 0.1) is 13.8 Å². The summed E-state index contributed by atoms with van der Waals surface area (Å²) in [5, 5.41) is 9.28. The SMILES string of the molecule is Cc1cc(Nc2ccc3c(n2)NC(=O)C(C)(C)O3)nc(Nc2cnc(N3CC4CC3CN4C)c(C)c2)n1. The van der Waals surface area contributed by atoms with Crippen molar-refractivity contribution in [1.29, 1.82) is 0 Å². The Morgan fingerprint density at radius 3 is 2.62 bits per heavy atom. The molecule has 3 aromatic heterocycles. The van der Waals surface area contributed by atoms with Crippen molar-refractivity contribution in [1.82, 2.24) is 24.8 Å². The molecule has 0 spiro atoms. The zero-order valence-electron chi connectivity index (χ0n) is 21.7. The first-order valence-electron chi connectivity index (χ1n) is 12.5. The molecule has 37 heavy (non-hydrogen) atoms. The van der Waals surface area contributed by atoms with Crippen molar-refractivity contribution >= 4 is 40.8 Å². The average Bonchev–Trinajstić information content (AvgIpc) is 3.39. The molecule has 0 aromatic carbocycles. The number of nitrogens with one attached hydrogen (secondary N) is 3. The smallest absolute Gasteiger partial charge is 0.269 e. The van der Waals surface area contributed by atoms with Crippen molar-refractivity contribution in [3.05, 3.63) is 41.7 Å². The second kappa shape index (κ2) is 8.55. The lowest BCUT2D eigenvalue weighted by Gasteiger charge is -2.33. The number of piperazine rings is 1. The van der Waals surface area contributed by atoms with Crippen LogP contribution in [0.2, 0.25) is 0 Å². The molecule has 3 N–H and O–H groups in total. The van der Waals surface area contributed by atoms with Gasteiger partial charge >= 0.3 is 0 Å². The van der Waals surface area contributed by atoms with Gasteiger partial charge in [0.1, 0.15) is 17.5 Å². The number of hydrogen-bond donors (Lipinski definition) is 3. The third kappa shape index (κ3) is 4.39. The fraction of sp³-hybridized carbons (Fsp3) is 0.423. The van der Waals surface area contributed by atoms with Crippen LogP contribution in [0.15, 0.2) is 30.5 Å². The first kappa shape index (κ1) is 23.4. The number of pyridine rings is 2. The van der Waals surface area contributed by atoms with Crippen LogP contribution in [0.1, 0.15) is 31.5 Å². The molecule has 2 fully saturated rings. The summed E-state index contributed by atoms with van der Waals surface area (Å²) >= 11 is 0. The lowest BCUT2D eigenvalue weighted by atomic mass is 10.1. The predicted molar refractivity (Wildman–Crippen MR) is 142 cm³/mol. The topological polar surface area (TPSA) is 120 Å². The number of anilines is 6. The molecule has 2 unspecified atom stereocenters. The number of aryl methyl sites for hydroxylation is 2. The summed E-state index contributed by atoms with van der Waals surface area (Å²) in [6.07, 6.45) is 3.05. The van der Waals surface area contributed by atoms with Gasteiger partial charge in [0.25, 0.3) is 5.91 Å². The first-order chi connectivity index (χ1) is 17.6. The highest BCUT2D eigenvalue weighted by molar-refractivity contribution is 5.99. The Hall–Kier alpha value is -3.99. The van der Waals surface area contributed by atoms with Gasteiger partial charge in [-0.2, -0.15) is 4.98 Å². The van der Waals surface area contributed by atoms with Gasteiger partial charge in [-0.05, 0) is 64.9 Å². The second-order valence-corrected chi connectivity index (χ2v) is 10.6. The Bertz CT molecular complexity index is 1390. The van der Waals surface area contributed by atoms with Gasteiger partial charge in [-0.15, -0.1) is 0 Å². The van der Waals surface area contributed by atoms with Crippen LogP contribution in [0.5, 0.6) is 5.75 Å². The number of aromatic nitrogens is 4. The van der Waals surface area contributed by atoms with E-state index in [1.807, 2.05) is 19.2 Å². The van der Waals surface area contributed by atoms with Crippen LogP contribution >= 0.6 is 0 Å². The van der Waals surface area contributed by atoms with Gasteiger partial charge in [-0.3, -0.25) is 9.69 Å². The molecule has 2 saturated heterocycles. The molecule has 192 valence electrons. The Morgan fingerprint density at radius 1 is 1.05 bits per heavy atom. The number of hydrogen-bond acceptors (Lipinski definition) is 10. The third-order valence-electron chi connectivity index (χ3n) is 7.21. The van der Waals surface area contributed by atoms with Gasteiger partial charge in [0.15, 0.2) is 17.2 Å². The molecule has 11 nitrogen and oxygen atoms in total. The monoisotopic (exact) mass is 501 g/mol. The normalized spacial score (nSPS) is 21.9. The first-order valence-corrected chi connectivity index (χ1v) is 12.5. The fourth-order valence-corrected chi connectivity index (χ4v) is 5.28. The summed E-state index contributed by atoms with van der Waals surface area (Å²) in [6, 6.07) is 8.64. The van der Waals surface area contributed by atoms with Gasteiger partial charge in [0.05, 0.1) is 11.9 Å². The molecule has 0 aliphatic carbocycles. The van der Waals surface area contributed by atoms with Gasteiger partial charge < -0.3 is 25.6 Å². The second-order valence-electron chi connectivity index (χ2n) is 10.6. The summed E-state index contributed by atoms with van der Waals surface area (Å²) in [5.41, 5.74) is 1.80. The molecule has 3 aliphatic heterocycles. The zero-order chi connectivity index (χ0) is 25.9. The maximum Gasteiger partial charge on any atom is 0.269 e. The predicted octanol–water partition coefficient (Wildman–Crippen LogP) is 3.37. The molecule has 6 heterocycles. The molecular weight excluding hydrogens is 470 g/mol.